The molecule has 2 aromatic heterocycles. The van der Waals surface area contributed by atoms with Gasteiger partial charge in [0, 0.05) is 45.7 Å². The molecule has 31 heavy (non-hydrogen) atoms. The molecule has 0 saturated carbocycles. The molecule has 2 aliphatic rings. The van der Waals surface area contributed by atoms with Crippen LogP contribution in [-0.2, 0) is 30.8 Å². The van der Waals surface area contributed by atoms with Gasteiger partial charge in [-0.3, -0.25) is 19.1 Å². The normalized spacial score (nSPS) is 17.5. The Kier molecular flexibility index (Phi) is 5.55. The summed E-state index contributed by atoms with van der Waals surface area (Å²) in [6.45, 7) is 4.79. The Morgan fingerprint density at radius 1 is 0.968 bits per heavy atom. The van der Waals surface area contributed by atoms with Crippen LogP contribution in [0.3, 0.4) is 0 Å². The summed E-state index contributed by atoms with van der Waals surface area (Å²) >= 11 is 0. The summed E-state index contributed by atoms with van der Waals surface area (Å²) in [4.78, 5) is 39.1. The fourth-order valence-electron chi connectivity index (χ4n) is 4.59. The van der Waals surface area contributed by atoms with Crippen molar-refractivity contribution in [1.29, 1.82) is 0 Å². The fraction of sp³-hybridized carbons (Fsp3) is 0.478. The number of hydrogen-bond donors (Lipinski definition) is 0. The molecule has 2 aliphatic heterocycles. The number of imidazole rings is 1. The minimum atomic E-state index is -0.221. The van der Waals surface area contributed by atoms with Gasteiger partial charge in [0.1, 0.15) is 18.7 Å². The summed E-state index contributed by atoms with van der Waals surface area (Å²) in [5.41, 5.74) is 2.10. The number of piperazine rings is 1. The highest BCUT2D eigenvalue weighted by Crippen LogP contribution is 2.18. The van der Waals surface area contributed by atoms with Gasteiger partial charge in [0.05, 0.1) is 0 Å². The maximum absolute atomic E-state index is 13.0. The van der Waals surface area contributed by atoms with Gasteiger partial charge in [0.15, 0.2) is 11.2 Å². The van der Waals surface area contributed by atoms with E-state index in [-0.39, 0.29) is 18.0 Å². The van der Waals surface area contributed by atoms with E-state index in [0.717, 1.165) is 51.3 Å². The summed E-state index contributed by atoms with van der Waals surface area (Å²) in [5, 5.41) is 0. The number of amides is 1. The van der Waals surface area contributed by atoms with E-state index < -0.39 is 0 Å². The van der Waals surface area contributed by atoms with Crippen molar-refractivity contribution in [3.05, 3.63) is 58.4 Å². The van der Waals surface area contributed by atoms with E-state index in [1.807, 2.05) is 11.0 Å². The fourth-order valence-corrected chi connectivity index (χ4v) is 4.59. The minimum Gasteiger partial charge on any atom is -0.339 e. The van der Waals surface area contributed by atoms with Crippen molar-refractivity contribution in [2.45, 2.75) is 45.3 Å². The number of aryl methyl sites for hydroxylation is 2. The molecule has 1 saturated heterocycles. The molecular formula is C23H28N6O2. The number of fused-ring (bicyclic) bond motifs is 3. The van der Waals surface area contributed by atoms with Crippen LogP contribution in [0, 0.1) is 0 Å². The molecule has 8 heteroatoms. The molecule has 3 aromatic rings. The molecule has 162 valence electrons. The van der Waals surface area contributed by atoms with E-state index in [9.17, 15) is 9.59 Å². The first-order valence-electron chi connectivity index (χ1n) is 11.2. The van der Waals surface area contributed by atoms with E-state index in [1.165, 1.54) is 22.9 Å². The lowest BCUT2D eigenvalue weighted by Crippen LogP contribution is -2.49. The average Bonchev–Trinajstić information content (AvgIpc) is 2.98. The number of rotatable bonds is 4. The van der Waals surface area contributed by atoms with E-state index in [0.29, 0.717) is 24.3 Å². The molecule has 1 aromatic carbocycles. The van der Waals surface area contributed by atoms with E-state index in [2.05, 4.69) is 43.7 Å². The number of nitrogens with zero attached hydrogens (tertiary/aromatic N) is 6. The van der Waals surface area contributed by atoms with Gasteiger partial charge >= 0.3 is 0 Å². The first-order chi connectivity index (χ1) is 15.2. The largest absolute Gasteiger partial charge is 0.339 e. The second-order valence-electron chi connectivity index (χ2n) is 8.48. The maximum Gasteiger partial charge on any atom is 0.282 e. The first-order valence-corrected chi connectivity index (χ1v) is 11.2. The SMILES string of the molecule is O=C(Cn1cnc2c(nc3n2CCCCC3)c1=O)N1CCN(Cc2ccccc2)CC1. The smallest absolute Gasteiger partial charge is 0.282 e. The van der Waals surface area contributed by atoms with Crippen LogP contribution in [-0.4, -0.2) is 61.0 Å². The molecule has 0 unspecified atom stereocenters. The molecule has 0 radical (unpaired) electrons. The average molecular weight is 421 g/mol. The van der Waals surface area contributed by atoms with Crippen LogP contribution >= 0.6 is 0 Å². The molecule has 5 rings (SSSR count). The predicted molar refractivity (Wildman–Crippen MR) is 118 cm³/mol. The zero-order valence-corrected chi connectivity index (χ0v) is 17.7. The van der Waals surface area contributed by atoms with Gasteiger partial charge < -0.3 is 9.47 Å². The Bertz CT molecular complexity index is 1130. The minimum absolute atomic E-state index is 0.0165. The van der Waals surface area contributed by atoms with Crippen LogP contribution < -0.4 is 5.56 Å². The lowest BCUT2D eigenvalue weighted by atomic mass is 10.2. The van der Waals surface area contributed by atoms with Gasteiger partial charge in [-0.2, -0.15) is 0 Å². The Morgan fingerprint density at radius 2 is 1.77 bits per heavy atom. The van der Waals surface area contributed by atoms with Crippen molar-refractivity contribution < 1.29 is 4.79 Å². The third-order valence-corrected chi connectivity index (χ3v) is 6.36. The summed E-state index contributed by atoms with van der Waals surface area (Å²) in [5.74, 6) is 0.902. The van der Waals surface area contributed by atoms with Crippen molar-refractivity contribution in [2.24, 2.45) is 0 Å². The standard InChI is InChI=1S/C23H28N6O2/c30-20(27-13-11-26(12-14-27)15-18-7-3-1-4-8-18)16-28-17-24-22-21(23(28)31)25-19-9-5-2-6-10-29(19)22/h1,3-4,7-8,17H,2,5-6,9-16H2. The molecule has 8 nitrogen and oxygen atoms in total. The van der Waals surface area contributed by atoms with E-state index >= 15 is 0 Å². The van der Waals surface area contributed by atoms with Gasteiger partial charge in [-0.05, 0) is 18.4 Å². The molecule has 0 spiro atoms. The van der Waals surface area contributed by atoms with Crippen LogP contribution in [0.5, 0.6) is 0 Å². The zero-order valence-electron chi connectivity index (χ0n) is 17.7. The van der Waals surface area contributed by atoms with Gasteiger partial charge in [-0.15, -0.1) is 0 Å². The highest BCUT2D eigenvalue weighted by molar-refractivity contribution is 5.77. The number of carbonyl (C=O) groups is 1. The van der Waals surface area contributed by atoms with Crippen LogP contribution in [0.4, 0.5) is 0 Å². The second kappa shape index (κ2) is 8.63. The van der Waals surface area contributed by atoms with Crippen molar-refractivity contribution in [1.82, 2.24) is 28.9 Å². The van der Waals surface area contributed by atoms with Gasteiger partial charge in [-0.25, -0.2) is 9.97 Å². The maximum atomic E-state index is 13.0. The Balaban J connectivity index is 1.24. The summed E-state index contributed by atoms with van der Waals surface area (Å²) in [6.07, 6.45) is 5.73. The topological polar surface area (TPSA) is 76.3 Å². The molecule has 1 fully saturated rings. The number of carbonyl (C=O) groups excluding carboxylic acids is 1. The van der Waals surface area contributed by atoms with Crippen molar-refractivity contribution >= 4 is 17.1 Å². The molecule has 0 N–H and O–H groups in total. The molecule has 0 bridgehead atoms. The zero-order chi connectivity index (χ0) is 21.2. The Labute approximate surface area is 181 Å². The van der Waals surface area contributed by atoms with Gasteiger partial charge in [-0.1, -0.05) is 36.8 Å². The summed E-state index contributed by atoms with van der Waals surface area (Å²) in [7, 11) is 0. The first kappa shape index (κ1) is 19.9. The number of benzene rings is 1. The molecule has 1 amide bonds. The monoisotopic (exact) mass is 420 g/mol. The van der Waals surface area contributed by atoms with Crippen molar-refractivity contribution in [3.8, 4) is 0 Å². The summed E-state index contributed by atoms with van der Waals surface area (Å²) < 4.78 is 3.48. The van der Waals surface area contributed by atoms with Crippen LogP contribution in [0.1, 0.15) is 30.7 Å². The Morgan fingerprint density at radius 3 is 2.58 bits per heavy atom. The van der Waals surface area contributed by atoms with Gasteiger partial charge in [0.2, 0.25) is 5.91 Å². The van der Waals surface area contributed by atoms with Crippen LogP contribution in [0.2, 0.25) is 0 Å². The third-order valence-electron chi connectivity index (χ3n) is 6.36. The molecular weight excluding hydrogens is 392 g/mol. The predicted octanol–water partition coefficient (Wildman–Crippen LogP) is 1.66. The van der Waals surface area contributed by atoms with Crippen molar-refractivity contribution in [2.75, 3.05) is 26.2 Å². The highest BCUT2D eigenvalue weighted by Gasteiger charge is 2.23. The highest BCUT2D eigenvalue weighted by atomic mass is 16.2. The van der Waals surface area contributed by atoms with Gasteiger partial charge in [0.25, 0.3) is 5.56 Å². The van der Waals surface area contributed by atoms with Crippen molar-refractivity contribution in [3.63, 3.8) is 0 Å². The van der Waals surface area contributed by atoms with Crippen LogP contribution in [0.25, 0.3) is 11.2 Å². The number of hydrogen-bond acceptors (Lipinski definition) is 5. The Hall–Kier alpha value is -3.00. The van der Waals surface area contributed by atoms with E-state index in [1.54, 1.807) is 0 Å². The second-order valence-corrected chi connectivity index (χ2v) is 8.48. The molecule has 4 heterocycles. The molecule has 0 aliphatic carbocycles. The summed E-state index contributed by atoms with van der Waals surface area (Å²) in [6, 6.07) is 10.4. The number of aromatic nitrogens is 4. The lowest BCUT2D eigenvalue weighted by Gasteiger charge is -2.34. The van der Waals surface area contributed by atoms with E-state index in [4.69, 9.17) is 0 Å². The van der Waals surface area contributed by atoms with Crippen LogP contribution in [0.15, 0.2) is 41.5 Å². The lowest BCUT2D eigenvalue weighted by molar-refractivity contribution is -0.133. The third kappa shape index (κ3) is 4.12. The quantitative estimate of drug-likeness (QED) is 0.642. The molecule has 0 atom stereocenters.